The van der Waals surface area contributed by atoms with Crippen molar-refractivity contribution in [3.8, 4) is 0 Å². The fourth-order valence-corrected chi connectivity index (χ4v) is 6.97. The summed E-state index contributed by atoms with van der Waals surface area (Å²) in [6.45, 7) is 5.12. The van der Waals surface area contributed by atoms with Crippen LogP contribution in [0, 0.1) is 34.5 Å². The van der Waals surface area contributed by atoms with Crippen LogP contribution in [0.15, 0.2) is 12.2 Å². The minimum atomic E-state index is 0.421. The van der Waals surface area contributed by atoms with Crippen molar-refractivity contribution in [3.63, 3.8) is 0 Å². The molecule has 0 bridgehead atoms. The average molecular weight is 289 g/mol. The monoisotopic (exact) mass is 288 g/mol. The number of fused-ring (bicyclic) bond motifs is 5. The van der Waals surface area contributed by atoms with E-state index in [-0.39, 0.29) is 0 Å². The summed E-state index contributed by atoms with van der Waals surface area (Å²) in [5.41, 5.74) is 1.02. The lowest BCUT2D eigenvalue weighted by Gasteiger charge is -2.58. The Balaban J connectivity index is 1.68. The van der Waals surface area contributed by atoms with Gasteiger partial charge in [-0.05, 0) is 85.3 Å². The van der Waals surface area contributed by atoms with E-state index in [1.165, 1.54) is 56.2 Å². The summed E-state index contributed by atoms with van der Waals surface area (Å²) in [6.07, 6.45) is 16.1. The first-order chi connectivity index (χ1) is 9.56. The average Bonchev–Trinajstić information content (AvgIpc) is 2.74. The van der Waals surface area contributed by atoms with E-state index < -0.39 is 0 Å². The molecule has 0 spiro atoms. The highest BCUT2D eigenvalue weighted by Crippen LogP contribution is 2.64. The van der Waals surface area contributed by atoms with Gasteiger partial charge in [-0.15, -0.1) is 0 Å². The minimum absolute atomic E-state index is 0.421. The second-order valence-corrected chi connectivity index (χ2v) is 8.94. The number of thiocarbonyl (C=S) groups is 1. The standard InChI is InChI=1S/C19H28S/c1-18-11-4-3-5-13(18)6-7-14-15-8-9-17(20)19(15,2)12-10-16(14)18/h3,5,13-16H,4,6-12H2,1-2H3/t13-,14+,15+,16+,18+,19+/m1/s1. The first kappa shape index (κ1) is 13.5. The maximum absolute atomic E-state index is 5.76. The SMILES string of the molecule is C[C@]12CCC=C[C@@H]1CC[C@@H]1[C@@H]2CC[C@]2(C)C(=S)CC[C@@H]12. The van der Waals surface area contributed by atoms with Crippen LogP contribution in [-0.2, 0) is 0 Å². The molecular formula is C19H28S. The van der Waals surface area contributed by atoms with Gasteiger partial charge in [0.1, 0.15) is 0 Å². The molecule has 4 rings (SSSR count). The highest BCUT2D eigenvalue weighted by atomic mass is 32.1. The van der Waals surface area contributed by atoms with Crippen LogP contribution in [0.4, 0.5) is 0 Å². The van der Waals surface area contributed by atoms with Gasteiger partial charge in [-0.1, -0.05) is 38.2 Å². The van der Waals surface area contributed by atoms with Gasteiger partial charge in [0.25, 0.3) is 0 Å². The predicted octanol–water partition coefficient (Wildman–Crippen LogP) is 5.57. The molecule has 0 aliphatic heterocycles. The third-order valence-electron chi connectivity index (χ3n) is 7.87. The van der Waals surface area contributed by atoms with Crippen molar-refractivity contribution >= 4 is 17.1 Å². The van der Waals surface area contributed by atoms with Crippen molar-refractivity contribution < 1.29 is 0 Å². The van der Waals surface area contributed by atoms with Crippen LogP contribution in [0.3, 0.4) is 0 Å². The molecule has 110 valence electrons. The van der Waals surface area contributed by atoms with Crippen LogP contribution in [-0.4, -0.2) is 4.86 Å². The molecule has 0 unspecified atom stereocenters. The van der Waals surface area contributed by atoms with Crippen LogP contribution in [0.25, 0.3) is 0 Å². The Labute approximate surface area is 129 Å². The Bertz CT molecular complexity index is 464. The molecule has 0 nitrogen and oxygen atoms in total. The molecule has 3 saturated carbocycles. The van der Waals surface area contributed by atoms with E-state index in [2.05, 4.69) is 26.0 Å². The smallest absolute Gasteiger partial charge is 0.00195 e. The molecule has 3 fully saturated rings. The zero-order chi connectivity index (χ0) is 14.0. The summed E-state index contributed by atoms with van der Waals surface area (Å²) >= 11 is 5.76. The molecule has 0 radical (unpaired) electrons. The molecule has 0 aromatic carbocycles. The zero-order valence-electron chi connectivity index (χ0n) is 13.0. The topological polar surface area (TPSA) is 0 Å². The lowest BCUT2D eigenvalue weighted by atomic mass is 9.46. The first-order valence-corrected chi connectivity index (χ1v) is 9.16. The molecular weight excluding hydrogens is 260 g/mol. The maximum Gasteiger partial charge on any atom is 0.00195 e. The van der Waals surface area contributed by atoms with Gasteiger partial charge < -0.3 is 0 Å². The fraction of sp³-hybridized carbons (Fsp3) is 0.842. The maximum atomic E-state index is 5.76. The van der Waals surface area contributed by atoms with Crippen molar-refractivity contribution in [1.29, 1.82) is 0 Å². The van der Waals surface area contributed by atoms with Gasteiger partial charge in [-0.3, -0.25) is 0 Å². The van der Waals surface area contributed by atoms with Crippen molar-refractivity contribution in [3.05, 3.63) is 12.2 Å². The summed E-state index contributed by atoms with van der Waals surface area (Å²) in [4.78, 5) is 1.41. The number of rotatable bonds is 0. The van der Waals surface area contributed by atoms with Crippen LogP contribution in [0.5, 0.6) is 0 Å². The molecule has 0 amide bonds. The molecule has 1 heteroatoms. The molecule has 0 heterocycles. The van der Waals surface area contributed by atoms with E-state index in [9.17, 15) is 0 Å². The molecule has 0 aromatic heterocycles. The molecule has 20 heavy (non-hydrogen) atoms. The third kappa shape index (κ3) is 1.62. The zero-order valence-corrected chi connectivity index (χ0v) is 13.8. The van der Waals surface area contributed by atoms with Crippen LogP contribution in [0.2, 0.25) is 0 Å². The van der Waals surface area contributed by atoms with Gasteiger partial charge in [0.15, 0.2) is 0 Å². The summed E-state index contributed by atoms with van der Waals surface area (Å²) in [7, 11) is 0. The van der Waals surface area contributed by atoms with Crippen molar-refractivity contribution in [2.24, 2.45) is 34.5 Å². The third-order valence-corrected chi connectivity index (χ3v) is 8.54. The molecule has 4 aliphatic carbocycles. The van der Waals surface area contributed by atoms with E-state index in [1.54, 1.807) is 0 Å². The van der Waals surface area contributed by atoms with Gasteiger partial charge in [0.05, 0.1) is 0 Å². The Morgan fingerprint density at radius 3 is 2.75 bits per heavy atom. The Kier molecular flexibility index (Phi) is 2.98. The largest absolute Gasteiger partial charge is 0.0891 e. The van der Waals surface area contributed by atoms with Crippen LogP contribution < -0.4 is 0 Å². The normalized spacial score (nSPS) is 54.2. The highest BCUT2D eigenvalue weighted by molar-refractivity contribution is 7.80. The number of hydrogen-bond acceptors (Lipinski definition) is 1. The summed E-state index contributed by atoms with van der Waals surface area (Å²) in [5.74, 6) is 3.74. The van der Waals surface area contributed by atoms with E-state index >= 15 is 0 Å². The first-order valence-electron chi connectivity index (χ1n) is 8.76. The Morgan fingerprint density at radius 1 is 1.05 bits per heavy atom. The fourth-order valence-electron chi connectivity index (χ4n) is 6.60. The van der Waals surface area contributed by atoms with Crippen molar-refractivity contribution in [2.45, 2.75) is 65.2 Å². The van der Waals surface area contributed by atoms with E-state index in [0.717, 1.165) is 23.7 Å². The van der Waals surface area contributed by atoms with Gasteiger partial charge >= 0.3 is 0 Å². The van der Waals surface area contributed by atoms with Crippen LogP contribution in [0.1, 0.15) is 65.2 Å². The molecule has 6 atom stereocenters. The lowest BCUT2D eigenvalue weighted by molar-refractivity contribution is -0.0689. The second kappa shape index (κ2) is 4.41. The second-order valence-electron chi connectivity index (χ2n) is 8.45. The molecule has 0 aromatic rings. The van der Waals surface area contributed by atoms with Crippen LogP contribution >= 0.6 is 12.2 Å². The number of allylic oxidation sites excluding steroid dienone is 2. The van der Waals surface area contributed by atoms with Gasteiger partial charge in [-0.2, -0.15) is 0 Å². The van der Waals surface area contributed by atoms with E-state index in [4.69, 9.17) is 12.2 Å². The molecule has 0 saturated heterocycles. The minimum Gasteiger partial charge on any atom is -0.0891 e. The predicted molar refractivity (Wildman–Crippen MR) is 88.8 cm³/mol. The lowest BCUT2D eigenvalue weighted by Crippen LogP contribution is -2.52. The summed E-state index contributed by atoms with van der Waals surface area (Å²) in [6, 6.07) is 0. The summed E-state index contributed by atoms with van der Waals surface area (Å²) in [5, 5.41) is 0. The van der Waals surface area contributed by atoms with Gasteiger partial charge in [0.2, 0.25) is 0 Å². The van der Waals surface area contributed by atoms with Gasteiger partial charge in [-0.25, -0.2) is 0 Å². The highest BCUT2D eigenvalue weighted by Gasteiger charge is 2.57. The summed E-state index contributed by atoms with van der Waals surface area (Å²) < 4.78 is 0. The Hall–Kier alpha value is -0.170. The van der Waals surface area contributed by atoms with Crippen molar-refractivity contribution in [2.75, 3.05) is 0 Å². The van der Waals surface area contributed by atoms with Crippen molar-refractivity contribution in [1.82, 2.24) is 0 Å². The molecule has 4 aliphatic rings. The Morgan fingerprint density at radius 2 is 1.90 bits per heavy atom. The van der Waals surface area contributed by atoms with Gasteiger partial charge in [0, 0.05) is 5.41 Å². The van der Waals surface area contributed by atoms with E-state index in [1.807, 2.05) is 0 Å². The quantitative estimate of drug-likeness (QED) is 0.415. The molecule has 0 N–H and O–H groups in total. The van der Waals surface area contributed by atoms with E-state index in [0.29, 0.717) is 10.8 Å². The number of hydrogen-bond donors (Lipinski definition) is 0.